The van der Waals surface area contributed by atoms with Crippen molar-refractivity contribution in [3.63, 3.8) is 0 Å². The van der Waals surface area contributed by atoms with Gasteiger partial charge in [0.25, 0.3) is 0 Å². The molecule has 0 amide bonds. The van der Waals surface area contributed by atoms with Crippen molar-refractivity contribution in [1.82, 2.24) is 0 Å². The smallest absolute Gasteiger partial charge is 0.324 e. The lowest BCUT2D eigenvalue weighted by Crippen LogP contribution is -2.50. The van der Waals surface area contributed by atoms with Crippen molar-refractivity contribution in [2.75, 3.05) is 0 Å². The zero-order valence-electron chi connectivity index (χ0n) is 18.3. The maximum Gasteiger partial charge on any atom is 0.324 e. The van der Waals surface area contributed by atoms with E-state index >= 15 is 0 Å². The first-order chi connectivity index (χ1) is 14.8. The van der Waals surface area contributed by atoms with Crippen molar-refractivity contribution in [3.05, 3.63) is 38.8 Å². The number of rotatable bonds is 3. The molecular formula is C24H31N3O3S. The van der Waals surface area contributed by atoms with Crippen LogP contribution in [-0.2, 0) is 0 Å². The van der Waals surface area contributed by atoms with Crippen molar-refractivity contribution in [2.45, 2.75) is 71.3 Å². The van der Waals surface area contributed by atoms with Gasteiger partial charge in [0.05, 0.1) is 22.1 Å². The van der Waals surface area contributed by atoms with Crippen molar-refractivity contribution in [1.29, 1.82) is 0 Å². The topological polar surface area (TPSA) is 88.1 Å². The van der Waals surface area contributed by atoms with E-state index in [2.05, 4.69) is 30.1 Å². The summed E-state index contributed by atoms with van der Waals surface area (Å²) in [6, 6.07) is 3.24. The second-order valence-corrected chi connectivity index (χ2v) is 11.5. The SMILES string of the molecule is CC12CCC(O)CC1=CCC1C2CCC2(C)C(=NN=Cc3ccc([N+](=O)[O-])s3)CCC12. The molecule has 7 heteroatoms. The van der Waals surface area contributed by atoms with Crippen LogP contribution in [0.15, 0.2) is 34.0 Å². The van der Waals surface area contributed by atoms with Gasteiger partial charge in [0, 0.05) is 17.2 Å². The van der Waals surface area contributed by atoms with Gasteiger partial charge in [-0.1, -0.05) is 36.8 Å². The molecule has 3 fully saturated rings. The van der Waals surface area contributed by atoms with Gasteiger partial charge in [-0.15, -0.1) is 0 Å². The van der Waals surface area contributed by atoms with Crippen LogP contribution in [0.4, 0.5) is 5.00 Å². The molecule has 4 aliphatic rings. The molecule has 0 aromatic carbocycles. The molecule has 0 bridgehead atoms. The molecule has 31 heavy (non-hydrogen) atoms. The number of fused-ring (bicyclic) bond motifs is 5. The van der Waals surface area contributed by atoms with Crippen LogP contribution in [0.1, 0.15) is 70.1 Å². The Labute approximate surface area is 187 Å². The van der Waals surface area contributed by atoms with E-state index in [1.165, 1.54) is 30.2 Å². The molecule has 0 spiro atoms. The number of thiophene rings is 1. The fourth-order valence-corrected chi connectivity index (χ4v) is 7.95. The molecule has 166 valence electrons. The van der Waals surface area contributed by atoms with Gasteiger partial charge in [-0.05, 0) is 80.6 Å². The molecule has 4 aliphatic carbocycles. The molecule has 1 heterocycles. The molecule has 0 saturated heterocycles. The molecule has 6 nitrogen and oxygen atoms in total. The van der Waals surface area contributed by atoms with Gasteiger partial charge in [-0.3, -0.25) is 10.1 Å². The predicted octanol–water partition coefficient (Wildman–Crippen LogP) is 5.75. The highest BCUT2D eigenvalue weighted by Crippen LogP contribution is 2.64. The summed E-state index contributed by atoms with van der Waals surface area (Å²) in [6.45, 7) is 4.84. The minimum absolute atomic E-state index is 0.107. The Kier molecular flexibility index (Phi) is 5.17. The summed E-state index contributed by atoms with van der Waals surface area (Å²) in [5, 5.41) is 30.2. The van der Waals surface area contributed by atoms with Gasteiger partial charge in [-0.25, -0.2) is 0 Å². The average Bonchev–Trinajstić information content (AvgIpc) is 3.33. The van der Waals surface area contributed by atoms with E-state index in [0.29, 0.717) is 17.8 Å². The minimum atomic E-state index is -0.369. The molecule has 0 aliphatic heterocycles. The van der Waals surface area contributed by atoms with Gasteiger partial charge < -0.3 is 5.11 Å². The standard InChI is InChI=1S/C24H31N3O3S/c1-23-11-9-16(28)13-15(23)3-5-18-19-6-7-21(24(19,2)12-10-20(18)23)26-25-14-17-4-8-22(31-17)27(29)30/h3-4,8,14,16,18-20,28H,5-7,9-13H2,1-2H3. The summed E-state index contributed by atoms with van der Waals surface area (Å²) in [6.07, 6.45) is 12.6. The molecule has 6 unspecified atom stereocenters. The van der Waals surface area contributed by atoms with E-state index in [-0.39, 0.29) is 26.9 Å². The highest BCUT2D eigenvalue weighted by atomic mass is 32.1. The highest BCUT2D eigenvalue weighted by molar-refractivity contribution is 7.16. The molecular weight excluding hydrogens is 410 g/mol. The van der Waals surface area contributed by atoms with Gasteiger partial charge in [0.15, 0.2) is 0 Å². The predicted molar refractivity (Wildman–Crippen MR) is 124 cm³/mol. The van der Waals surface area contributed by atoms with Crippen molar-refractivity contribution in [2.24, 2.45) is 38.8 Å². The van der Waals surface area contributed by atoms with Crippen LogP contribution in [0.25, 0.3) is 0 Å². The zero-order chi connectivity index (χ0) is 21.8. The molecule has 0 radical (unpaired) electrons. The number of allylic oxidation sites excluding steroid dienone is 1. The summed E-state index contributed by atoms with van der Waals surface area (Å²) < 4.78 is 0. The third-order valence-corrected chi connectivity index (χ3v) is 9.95. The third kappa shape index (κ3) is 3.41. The number of nitrogens with zero attached hydrogens (tertiary/aromatic N) is 3. The van der Waals surface area contributed by atoms with Crippen LogP contribution < -0.4 is 0 Å². The Hall–Kier alpha value is -1.86. The molecule has 5 rings (SSSR count). The van der Waals surface area contributed by atoms with E-state index in [0.717, 1.165) is 54.7 Å². The van der Waals surface area contributed by atoms with Gasteiger partial charge >= 0.3 is 5.00 Å². The summed E-state index contributed by atoms with van der Waals surface area (Å²) in [5.74, 6) is 2.05. The quantitative estimate of drug-likeness (QED) is 0.280. The lowest BCUT2D eigenvalue weighted by atomic mass is 9.48. The van der Waals surface area contributed by atoms with Crippen LogP contribution in [0.5, 0.6) is 0 Å². The van der Waals surface area contributed by atoms with Crippen molar-refractivity contribution >= 4 is 28.3 Å². The Bertz CT molecular complexity index is 982. The Morgan fingerprint density at radius 3 is 2.74 bits per heavy atom. The molecule has 1 aromatic rings. The Morgan fingerprint density at radius 2 is 1.97 bits per heavy atom. The second-order valence-electron chi connectivity index (χ2n) is 10.4. The summed E-state index contributed by atoms with van der Waals surface area (Å²) in [5.41, 5.74) is 3.08. The summed E-state index contributed by atoms with van der Waals surface area (Å²) >= 11 is 1.13. The van der Waals surface area contributed by atoms with Gasteiger partial charge in [0.2, 0.25) is 0 Å². The van der Waals surface area contributed by atoms with E-state index in [1.807, 2.05) is 0 Å². The maximum atomic E-state index is 10.9. The van der Waals surface area contributed by atoms with Crippen LogP contribution in [0.2, 0.25) is 0 Å². The number of nitro groups is 1. The number of aliphatic hydroxyl groups is 1. The van der Waals surface area contributed by atoms with E-state index in [9.17, 15) is 15.2 Å². The average molecular weight is 442 g/mol. The molecule has 3 saturated carbocycles. The summed E-state index contributed by atoms with van der Waals surface area (Å²) in [4.78, 5) is 11.3. The fraction of sp³-hybridized carbons (Fsp3) is 0.667. The van der Waals surface area contributed by atoms with Crippen molar-refractivity contribution in [3.8, 4) is 0 Å². The normalized spacial score (nSPS) is 41.0. The number of hydrogen-bond acceptors (Lipinski definition) is 6. The van der Waals surface area contributed by atoms with E-state index in [4.69, 9.17) is 0 Å². The lowest BCUT2D eigenvalue weighted by molar-refractivity contribution is -0.380. The highest BCUT2D eigenvalue weighted by Gasteiger charge is 2.57. The Morgan fingerprint density at radius 1 is 1.19 bits per heavy atom. The van der Waals surface area contributed by atoms with Gasteiger partial charge in [0.1, 0.15) is 0 Å². The van der Waals surface area contributed by atoms with Crippen LogP contribution >= 0.6 is 11.3 Å². The second kappa shape index (κ2) is 7.62. The largest absolute Gasteiger partial charge is 0.393 e. The van der Waals surface area contributed by atoms with Crippen LogP contribution in [-0.4, -0.2) is 28.1 Å². The molecule has 6 atom stereocenters. The number of aliphatic hydroxyl groups excluding tert-OH is 1. The van der Waals surface area contributed by atoms with E-state index in [1.54, 1.807) is 12.3 Å². The first-order valence-electron chi connectivity index (χ1n) is 11.5. The first-order valence-corrected chi connectivity index (χ1v) is 12.3. The number of hydrogen-bond donors (Lipinski definition) is 1. The molecule has 1 N–H and O–H groups in total. The summed E-state index contributed by atoms with van der Waals surface area (Å²) in [7, 11) is 0. The fourth-order valence-electron chi connectivity index (χ4n) is 7.26. The van der Waals surface area contributed by atoms with Crippen molar-refractivity contribution < 1.29 is 10.0 Å². The molecule has 1 aromatic heterocycles. The Balaban J connectivity index is 1.35. The maximum absolute atomic E-state index is 10.9. The first kappa shape index (κ1) is 21.0. The van der Waals surface area contributed by atoms with Gasteiger partial charge in [-0.2, -0.15) is 10.2 Å². The lowest BCUT2D eigenvalue weighted by Gasteiger charge is -2.57. The minimum Gasteiger partial charge on any atom is -0.393 e. The third-order valence-electron chi connectivity index (χ3n) is 8.97. The zero-order valence-corrected chi connectivity index (χ0v) is 19.1. The van der Waals surface area contributed by atoms with Crippen LogP contribution in [0, 0.1) is 38.7 Å². The van der Waals surface area contributed by atoms with E-state index < -0.39 is 0 Å². The monoisotopic (exact) mass is 441 g/mol. The van der Waals surface area contributed by atoms with Crippen LogP contribution in [0.3, 0.4) is 0 Å².